The van der Waals surface area contributed by atoms with E-state index < -0.39 is 0 Å². The van der Waals surface area contributed by atoms with Crippen LogP contribution in [0.15, 0.2) is 0 Å². The molecule has 0 spiro atoms. The maximum atomic E-state index is 5.81. The molecule has 2 aliphatic heterocycles. The molecule has 2 heterocycles. The standard InChI is InChI=1S/C12H23NO3/c1-3-14-12(15-4-2)9-13-7-10-5-6-11(8-13)16-10/h10-12H,3-9H2,1-2H3. The number of rotatable bonds is 6. The SMILES string of the molecule is CCOC(CN1CC2CCC(C1)O2)OCC. The van der Waals surface area contributed by atoms with E-state index in [1.165, 1.54) is 12.8 Å². The fourth-order valence-electron chi connectivity index (χ4n) is 2.58. The molecule has 0 aromatic carbocycles. The minimum atomic E-state index is -0.0764. The predicted octanol–water partition coefficient (Wildman–Crippen LogP) is 1.25. The first-order valence-corrected chi connectivity index (χ1v) is 6.42. The van der Waals surface area contributed by atoms with Crippen LogP contribution in [0.5, 0.6) is 0 Å². The Morgan fingerprint density at radius 1 is 1.12 bits per heavy atom. The maximum Gasteiger partial charge on any atom is 0.170 e. The van der Waals surface area contributed by atoms with Crippen LogP contribution in [-0.2, 0) is 14.2 Å². The molecule has 2 aliphatic rings. The van der Waals surface area contributed by atoms with E-state index in [-0.39, 0.29) is 6.29 Å². The second kappa shape index (κ2) is 5.96. The first-order chi connectivity index (χ1) is 7.81. The van der Waals surface area contributed by atoms with Gasteiger partial charge in [-0.3, -0.25) is 4.90 Å². The van der Waals surface area contributed by atoms with Crippen LogP contribution < -0.4 is 0 Å². The zero-order chi connectivity index (χ0) is 11.4. The van der Waals surface area contributed by atoms with Crippen LogP contribution in [-0.4, -0.2) is 56.2 Å². The van der Waals surface area contributed by atoms with E-state index in [1.807, 2.05) is 13.8 Å². The van der Waals surface area contributed by atoms with Gasteiger partial charge in [0.05, 0.1) is 12.2 Å². The fourth-order valence-corrected chi connectivity index (χ4v) is 2.58. The van der Waals surface area contributed by atoms with Crippen molar-refractivity contribution in [1.82, 2.24) is 4.90 Å². The normalized spacial score (nSPS) is 30.2. The molecule has 0 radical (unpaired) electrons. The predicted molar refractivity (Wildman–Crippen MR) is 61.4 cm³/mol. The number of nitrogens with zero attached hydrogens (tertiary/aromatic N) is 1. The van der Waals surface area contributed by atoms with Gasteiger partial charge in [0.1, 0.15) is 0 Å². The summed E-state index contributed by atoms with van der Waals surface area (Å²) in [4.78, 5) is 2.42. The summed E-state index contributed by atoms with van der Waals surface area (Å²) >= 11 is 0. The second-order valence-corrected chi connectivity index (χ2v) is 4.52. The van der Waals surface area contributed by atoms with Gasteiger partial charge < -0.3 is 14.2 Å². The van der Waals surface area contributed by atoms with Gasteiger partial charge in [-0.05, 0) is 26.7 Å². The van der Waals surface area contributed by atoms with Crippen LogP contribution in [0.2, 0.25) is 0 Å². The highest BCUT2D eigenvalue weighted by molar-refractivity contribution is 4.85. The van der Waals surface area contributed by atoms with Crippen molar-refractivity contribution in [2.45, 2.75) is 45.2 Å². The highest BCUT2D eigenvalue weighted by Gasteiger charge is 2.34. The molecule has 0 aromatic heterocycles. The Bertz CT molecular complexity index is 194. The third-order valence-corrected chi connectivity index (χ3v) is 3.23. The Morgan fingerprint density at radius 3 is 2.19 bits per heavy atom. The lowest BCUT2D eigenvalue weighted by Gasteiger charge is -2.34. The largest absolute Gasteiger partial charge is 0.372 e. The molecule has 2 bridgehead atoms. The highest BCUT2D eigenvalue weighted by Crippen LogP contribution is 2.26. The minimum absolute atomic E-state index is 0.0764. The van der Waals surface area contributed by atoms with Crippen molar-refractivity contribution in [3.8, 4) is 0 Å². The number of morpholine rings is 1. The molecule has 4 nitrogen and oxygen atoms in total. The van der Waals surface area contributed by atoms with Crippen molar-refractivity contribution >= 4 is 0 Å². The molecule has 2 saturated heterocycles. The molecule has 2 fully saturated rings. The number of hydrogen-bond donors (Lipinski definition) is 0. The summed E-state index contributed by atoms with van der Waals surface area (Å²) in [5, 5.41) is 0. The fraction of sp³-hybridized carbons (Fsp3) is 1.00. The van der Waals surface area contributed by atoms with Crippen LogP contribution in [0.25, 0.3) is 0 Å². The molecule has 0 amide bonds. The molecule has 0 aromatic rings. The monoisotopic (exact) mass is 229 g/mol. The van der Waals surface area contributed by atoms with Gasteiger partial charge in [-0.15, -0.1) is 0 Å². The van der Waals surface area contributed by atoms with Crippen LogP contribution in [0.4, 0.5) is 0 Å². The molecule has 2 rings (SSSR count). The van der Waals surface area contributed by atoms with Crippen molar-refractivity contribution in [3.63, 3.8) is 0 Å². The van der Waals surface area contributed by atoms with Crippen molar-refractivity contribution in [2.75, 3.05) is 32.8 Å². The molecule has 94 valence electrons. The topological polar surface area (TPSA) is 30.9 Å². The van der Waals surface area contributed by atoms with Crippen LogP contribution in [0.3, 0.4) is 0 Å². The summed E-state index contributed by atoms with van der Waals surface area (Å²) in [6, 6.07) is 0. The molecule has 2 atom stereocenters. The first kappa shape index (κ1) is 12.3. The van der Waals surface area contributed by atoms with Gasteiger partial charge in [-0.2, -0.15) is 0 Å². The van der Waals surface area contributed by atoms with Crippen LogP contribution >= 0.6 is 0 Å². The van der Waals surface area contributed by atoms with Gasteiger partial charge >= 0.3 is 0 Å². The van der Waals surface area contributed by atoms with E-state index in [9.17, 15) is 0 Å². The van der Waals surface area contributed by atoms with E-state index in [0.29, 0.717) is 25.4 Å². The number of ether oxygens (including phenoxy) is 3. The van der Waals surface area contributed by atoms with Crippen molar-refractivity contribution < 1.29 is 14.2 Å². The van der Waals surface area contributed by atoms with E-state index >= 15 is 0 Å². The van der Waals surface area contributed by atoms with Crippen LogP contribution in [0, 0.1) is 0 Å². The smallest absolute Gasteiger partial charge is 0.170 e. The highest BCUT2D eigenvalue weighted by atomic mass is 16.7. The van der Waals surface area contributed by atoms with Crippen LogP contribution in [0.1, 0.15) is 26.7 Å². The zero-order valence-electron chi connectivity index (χ0n) is 10.4. The lowest BCUT2D eigenvalue weighted by molar-refractivity contribution is -0.158. The quantitative estimate of drug-likeness (QED) is 0.641. The Morgan fingerprint density at radius 2 is 1.69 bits per heavy atom. The Hall–Kier alpha value is -0.160. The van der Waals surface area contributed by atoms with Gasteiger partial charge in [-0.1, -0.05) is 0 Å². The van der Waals surface area contributed by atoms with Gasteiger partial charge in [0.2, 0.25) is 0 Å². The minimum Gasteiger partial charge on any atom is -0.372 e. The van der Waals surface area contributed by atoms with Gasteiger partial charge in [0, 0.05) is 32.8 Å². The molecule has 2 unspecified atom stereocenters. The second-order valence-electron chi connectivity index (χ2n) is 4.52. The van der Waals surface area contributed by atoms with Gasteiger partial charge in [0.15, 0.2) is 6.29 Å². The average molecular weight is 229 g/mol. The van der Waals surface area contributed by atoms with E-state index in [0.717, 1.165) is 19.6 Å². The Labute approximate surface area is 97.8 Å². The molecule has 4 heteroatoms. The maximum absolute atomic E-state index is 5.81. The summed E-state index contributed by atoms with van der Waals surface area (Å²) in [5.41, 5.74) is 0. The summed E-state index contributed by atoms with van der Waals surface area (Å²) in [7, 11) is 0. The lowest BCUT2D eigenvalue weighted by atomic mass is 10.2. The number of likely N-dealkylation sites (tertiary alicyclic amines) is 1. The molecular weight excluding hydrogens is 206 g/mol. The van der Waals surface area contributed by atoms with Crippen molar-refractivity contribution in [1.29, 1.82) is 0 Å². The summed E-state index contributed by atoms with van der Waals surface area (Å²) in [6.45, 7) is 8.38. The van der Waals surface area contributed by atoms with E-state index in [2.05, 4.69) is 4.90 Å². The average Bonchev–Trinajstić information content (AvgIpc) is 2.59. The zero-order valence-corrected chi connectivity index (χ0v) is 10.4. The molecule has 0 N–H and O–H groups in total. The van der Waals surface area contributed by atoms with E-state index in [4.69, 9.17) is 14.2 Å². The molecule has 16 heavy (non-hydrogen) atoms. The number of hydrogen-bond acceptors (Lipinski definition) is 4. The summed E-state index contributed by atoms with van der Waals surface area (Å²) in [5.74, 6) is 0. The Kier molecular flexibility index (Phi) is 4.58. The first-order valence-electron chi connectivity index (χ1n) is 6.42. The summed E-state index contributed by atoms with van der Waals surface area (Å²) < 4.78 is 16.9. The lowest BCUT2D eigenvalue weighted by Crippen LogP contribution is -2.46. The van der Waals surface area contributed by atoms with Gasteiger partial charge in [0.25, 0.3) is 0 Å². The van der Waals surface area contributed by atoms with Crippen molar-refractivity contribution in [2.24, 2.45) is 0 Å². The third-order valence-electron chi connectivity index (χ3n) is 3.23. The molecule has 0 aliphatic carbocycles. The summed E-state index contributed by atoms with van der Waals surface area (Å²) in [6.07, 6.45) is 3.25. The van der Waals surface area contributed by atoms with E-state index in [1.54, 1.807) is 0 Å². The molecular formula is C12H23NO3. The Balaban J connectivity index is 1.78. The third kappa shape index (κ3) is 3.17. The van der Waals surface area contributed by atoms with Gasteiger partial charge in [-0.25, -0.2) is 0 Å². The molecule has 0 saturated carbocycles. The van der Waals surface area contributed by atoms with Crippen molar-refractivity contribution in [3.05, 3.63) is 0 Å². The number of fused-ring (bicyclic) bond motifs is 2.